The van der Waals surface area contributed by atoms with Gasteiger partial charge >= 0.3 is 0 Å². The topological polar surface area (TPSA) is 63.6 Å². The van der Waals surface area contributed by atoms with Crippen LogP contribution in [0.2, 0.25) is 0 Å². The molecule has 0 saturated heterocycles. The zero-order valence-electron chi connectivity index (χ0n) is 8.69. The minimum atomic E-state index is -0.148. The fraction of sp³-hybridized carbons (Fsp3) is 0.300. The van der Waals surface area contributed by atoms with Gasteiger partial charge in [0.2, 0.25) is 0 Å². The third-order valence-corrected chi connectivity index (χ3v) is 2.07. The van der Waals surface area contributed by atoms with E-state index in [1.807, 2.05) is 19.9 Å². The van der Waals surface area contributed by atoms with Gasteiger partial charge in [-0.05, 0) is 13.0 Å². The molecule has 0 aliphatic heterocycles. The lowest BCUT2D eigenvalue weighted by Gasteiger charge is -2.01. The molecule has 0 spiro atoms. The van der Waals surface area contributed by atoms with E-state index >= 15 is 0 Å². The number of hydrogen-bond donors (Lipinski definition) is 1. The average molecular weight is 204 g/mol. The largest absolute Gasteiger partial charge is 0.310 e. The van der Waals surface area contributed by atoms with Crippen molar-refractivity contribution in [2.45, 2.75) is 20.3 Å². The van der Waals surface area contributed by atoms with Crippen LogP contribution in [-0.2, 0) is 6.42 Å². The summed E-state index contributed by atoms with van der Waals surface area (Å²) < 4.78 is 1.60. The second-order valence-electron chi connectivity index (χ2n) is 3.31. The van der Waals surface area contributed by atoms with E-state index in [0.29, 0.717) is 18.1 Å². The van der Waals surface area contributed by atoms with Crippen molar-refractivity contribution in [1.82, 2.24) is 19.7 Å². The van der Waals surface area contributed by atoms with Crippen LogP contribution in [0, 0.1) is 6.92 Å². The van der Waals surface area contributed by atoms with Crippen LogP contribution in [0.15, 0.2) is 23.1 Å². The van der Waals surface area contributed by atoms with Crippen molar-refractivity contribution < 1.29 is 0 Å². The number of nitrogens with one attached hydrogen (secondary N) is 1. The summed E-state index contributed by atoms with van der Waals surface area (Å²) in [4.78, 5) is 18.3. The van der Waals surface area contributed by atoms with Crippen LogP contribution in [0.25, 0.3) is 5.82 Å². The second-order valence-corrected chi connectivity index (χ2v) is 3.31. The summed E-state index contributed by atoms with van der Waals surface area (Å²) in [6, 6.07) is 3.31. The maximum absolute atomic E-state index is 11.3. The smallest absolute Gasteiger partial charge is 0.253 e. The van der Waals surface area contributed by atoms with Gasteiger partial charge in [0.05, 0.1) is 5.69 Å². The zero-order chi connectivity index (χ0) is 10.8. The first-order valence-corrected chi connectivity index (χ1v) is 4.82. The van der Waals surface area contributed by atoms with Crippen molar-refractivity contribution in [3.8, 4) is 5.82 Å². The van der Waals surface area contributed by atoms with Gasteiger partial charge in [-0.2, -0.15) is 5.10 Å². The summed E-state index contributed by atoms with van der Waals surface area (Å²) in [5, 5.41) is 4.20. The van der Waals surface area contributed by atoms with E-state index in [1.54, 1.807) is 10.9 Å². The Balaban J connectivity index is 2.53. The molecule has 0 bridgehead atoms. The summed E-state index contributed by atoms with van der Waals surface area (Å²) in [6.45, 7) is 3.83. The Morgan fingerprint density at radius 3 is 2.93 bits per heavy atom. The van der Waals surface area contributed by atoms with Crippen LogP contribution in [0.4, 0.5) is 0 Å². The molecule has 0 radical (unpaired) electrons. The first-order chi connectivity index (χ1) is 7.19. The molecule has 0 aliphatic rings. The van der Waals surface area contributed by atoms with Crippen LogP contribution < -0.4 is 5.56 Å². The highest BCUT2D eigenvalue weighted by Gasteiger charge is 2.02. The third-order valence-electron chi connectivity index (χ3n) is 2.07. The van der Waals surface area contributed by atoms with E-state index in [-0.39, 0.29) is 5.56 Å². The standard InChI is InChI=1S/C10H12N4O/c1-3-8-11-9(6-10(15)12-8)14-5-4-7(2)13-14/h4-6H,3H2,1-2H3,(H,11,12,15). The van der Waals surface area contributed by atoms with Gasteiger partial charge in [-0.15, -0.1) is 0 Å². The van der Waals surface area contributed by atoms with Crippen LogP contribution in [0.5, 0.6) is 0 Å². The van der Waals surface area contributed by atoms with Crippen molar-refractivity contribution in [2.24, 2.45) is 0 Å². The molecule has 1 N–H and O–H groups in total. The lowest BCUT2D eigenvalue weighted by molar-refractivity contribution is 0.797. The van der Waals surface area contributed by atoms with E-state index in [1.165, 1.54) is 6.07 Å². The third kappa shape index (κ3) is 1.96. The van der Waals surface area contributed by atoms with Crippen molar-refractivity contribution in [3.05, 3.63) is 40.2 Å². The monoisotopic (exact) mass is 204 g/mol. The Labute approximate surface area is 86.8 Å². The molecule has 2 aromatic rings. The predicted octanol–water partition coefficient (Wildman–Crippen LogP) is 0.826. The molecular formula is C10H12N4O. The Hall–Kier alpha value is -1.91. The maximum Gasteiger partial charge on any atom is 0.253 e. The highest BCUT2D eigenvalue weighted by molar-refractivity contribution is 5.20. The Bertz CT molecular complexity index is 526. The number of aryl methyl sites for hydroxylation is 2. The number of hydrogen-bond acceptors (Lipinski definition) is 3. The summed E-state index contributed by atoms with van der Waals surface area (Å²) in [5.74, 6) is 1.23. The van der Waals surface area contributed by atoms with Crippen molar-refractivity contribution in [2.75, 3.05) is 0 Å². The molecule has 5 nitrogen and oxygen atoms in total. The molecule has 0 saturated carbocycles. The minimum Gasteiger partial charge on any atom is -0.310 e. The summed E-state index contributed by atoms with van der Waals surface area (Å²) in [7, 11) is 0. The molecular weight excluding hydrogens is 192 g/mol. The lowest BCUT2D eigenvalue weighted by Crippen LogP contribution is -2.13. The van der Waals surface area contributed by atoms with Gasteiger partial charge in [0, 0.05) is 18.7 Å². The molecule has 5 heteroatoms. The zero-order valence-corrected chi connectivity index (χ0v) is 8.69. The Morgan fingerprint density at radius 2 is 2.33 bits per heavy atom. The van der Waals surface area contributed by atoms with Gasteiger partial charge in [0.15, 0.2) is 5.82 Å². The highest BCUT2D eigenvalue weighted by Crippen LogP contribution is 2.01. The van der Waals surface area contributed by atoms with Crippen molar-refractivity contribution >= 4 is 0 Å². The van der Waals surface area contributed by atoms with Crippen molar-refractivity contribution in [3.63, 3.8) is 0 Å². The lowest BCUT2D eigenvalue weighted by atomic mass is 10.4. The molecule has 0 atom stereocenters. The van der Waals surface area contributed by atoms with Crippen LogP contribution in [0.3, 0.4) is 0 Å². The van der Waals surface area contributed by atoms with E-state index in [0.717, 1.165) is 5.69 Å². The molecule has 0 unspecified atom stereocenters. The highest BCUT2D eigenvalue weighted by atomic mass is 16.1. The quantitative estimate of drug-likeness (QED) is 0.787. The second kappa shape index (κ2) is 3.68. The van der Waals surface area contributed by atoms with E-state index in [2.05, 4.69) is 15.1 Å². The van der Waals surface area contributed by atoms with Gasteiger partial charge < -0.3 is 4.98 Å². The molecule has 0 aromatic carbocycles. The van der Waals surface area contributed by atoms with Gasteiger partial charge in [-0.3, -0.25) is 4.79 Å². The molecule has 0 aliphatic carbocycles. The predicted molar refractivity (Wildman–Crippen MR) is 56.1 cm³/mol. The number of aromatic nitrogens is 4. The molecule has 78 valence electrons. The molecule has 0 fully saturated rings. The van der Waals surface area contributed by atoms with Gasteiger partial charge in [0.1, 0.15) is 5.82 Å². The first kappa shape index (κ1) is 9.64. The van der Waals surface area contributed by atoms with Gasteiger partial charge in [-0.25, -0.2) is 9.67 Å². The van der Waals surface area contributed by atoms with E-state index in [4.69, 9.17) is 0 Å². The fourth-order valence-corrected chi connectivity index (χ4v) is 1.32. The average Bonchev–Trinajstić information content (AvgIpc) is 2.64. The molecule has 2 rings (SSSR count). The summed E-state index contributed by atoms with van der Waals surface area (Å²) in [6.07, 6.45) is 2.49. The first-order valence-electron chi connectivity index (χ1n) is 4.82. The van der Waals surface area contributed by atoms with Crippen LogP contribution in [-0.4, -0.2) is 19.7 Å². The number of H-pyrrole nitrogens is 1. The summed E-state index contributed by atoms with van der Waals surface area (Å²) in [5.41, 5.74) is 0.750. The minimum absolute atomic E-state index is 0.148. The molecule has 2 aromatic heterocycles. The molecule has 15 heavy (non-hydrogen) atoms. The van der Waals surface area contributed by atoms with Gasteiger partial charge in [-0.1, -0.05) is 6.92 Å². The SMILES string of the molecule is CCc1nc(-n2ccc(C)n2)cc(=O)[nH]1. The van der Waals surface area contributed by atoms with E-state index < -0.39 is 0 Å². The molecule has 2 heterocycles. The van der Waals surface area contributed by atoms with Crippen molar-refractivity contribution in [1.29, 1.82) is 0 Å². The maximum atomic E-state index is 11.3. The normalized spacial score (nSPS) is 10.5. The van der Waals surface area contributed by atoms with E-state index in [9.17, 15) is 4.79 Å². The summed E-state index contributed by atoms with van der Waals surface area (Å²) >= 11 is 0. The number of rotatable bonds is 2. The van der Waals surface area contributed by atoms with Gasteiger partial charge in [0.25, 0.3) is 5.56 Å². The molecule has 0 amide bonds. The fourth-order valence-electron chi connectivity index (χ4n) is 1.32. The number of nitrogens with zero attached hydrogens (tertiary/aromatic N) is 3. The van der Waals surface area contributed by atoms with Crippen LogP contribution >= 0.6 is 0 Å². The Kier molecular flexibility index (Phi) is 2.37. The Morgan fingerprint density at radius 1 is 1.53 bits per heavy atom. The van der Waals surface area contributed by atoms with Crippen LogP contribution in [0.1, 0.15) is 18.4 Å². The number of aromatic amines is 1.